The van der Waals surface area contributed by atoms with Crippen LogP contribution < -0.4 is 10.9 Å². The maximum absolute atomic E-state index is 13.1. The molecule has 0 fully saturated rings. The van der Waals surface area contributed by atoms with Crippen LogP contribution in [0.5, 0.6) is 0 Å². The number of aromatic amines is 1. The Morgan fingerprint density at radius 2 is 1.88 bits per heavy atom. The molecule has 0 saturated carbocycles. The molecule has 3 aromatic rings. The molecule has 0 aliphatic rings. The fourth-order valence-corrected chi connectivity index (χ4v) is 2.85. The minimum absolute atomic E-state index is 0.281. The molecule has 6 nitrogen and oxygen atoms in total. The van der Waals surface area contributed by atoms with E-state index in [1.165, 1.54) is 18.2 Å². The number of aromatic nitrogens is 3. The van der Waals surface area contributed by atoms with Crippen molar-refractivity contribution in [3.05, 3.63) is 80.8 Å². The summed E-state index contributed by atoms with van der Waals surface area (Å²) in [6.07, 6.45) is 0. The van der Waals surface area contributed by atoms with Crippen molar-refractivity contribution in [3.63, 3.8) is 0 Å². The Bertz CT molecular complexity index is 1020. The predicted octanol–water partition coefficient (Wildman–Crippen LogP) is 2.55. The number of H-pyrrole nitrogens is 1. The molecule has 2 heterocycles. The number of pyridine rings is 1. The molecular formula is C19H19FN4O2. The zero-order chi connectivity index (χ0) is 18.8. The maximum Gasteiger partial charge on any atom is 0.251 e. The van der Waals surface area contributed by atoms with Crippen LogP contribution in [0.4, 0.5) is 4.39 Å². The molecule has 0 saturated heterocycles. The van der Waals surface area contributed by atoms with Crippen LogP contribution in [-0.4, -0.2) is 20.7 Å². The highest BCUT2D eigenvalue weighted by Crippen LogP contribution is 2.18. The van der Waals surface area contributed by atoms with Gasteiger partial charge in [0.15, 0.2) is 0 Å². The SMILES string of the molecule is Cc1cc(C(=O)NCc2c(C)nn(-c3ccc(F)cc3)c2C)cc(=O)[nH]1. The van der Waals surface area contributed by atoms with E-state index in [1.807, 2.05) is 13.8 Å². The van der Waals surface area contributed by atoms with Gasteiger partial charge in [0.1, 0.15) is 5.82 Å². The smallest absolute Gasteiger partial charge is 0.251 e. The minimum atomic E-state index is -0.326. The van der Waals surface area contributed by atoms with Gasteiger partial charge in [-0.05, 0) is 51.1 Å². The summed E-state index contributed by atoms with van der Waals surface area (Å²) in [6, 6.07) is 8.94. The largest absolute Gasteiger partial charge is 0.348 e. The number of amides is 1. The zero-order valence-electron chi connectivity index (χ0n) is 14.8. The number of halogens is 1. The highest BCUT2D eigenvalue weighted by molar-refractivity contribution is 5.94. The average Bonchev–Trinajstić information content (AvgIpc) is 2.87. The number of hydrogen-bond donors (Lipinski definition) is 2. The highest BCUT2D eigenvalue weighted by atomic mass is 19.1. The summed E-state index contributed by atoms with van der Waals surface area (Å²) in [6.45, 7) is 5.75. The van der Waals surface area contributed by atoms with Gasteiger partial charge in [0.05, 0.1) is 11.4 Å². The lowest BCUT2D eigenvalue weighted by atomic mass is 10.1. The second-order valence-electron chi connectivity index (χ2n) is 6.14. The monoisotopic (exact) mass is 354 g/mol. The van der Waals surface area contributed by atoms with Crippen molar-refractivity contribution in [3.8, 4) is 5.69 Å². The van der Waals surface area contributed by atoms with Gasteiger partial charge in [-0.15, -0.1) is 0 Å². The number of hydrogen-bond acceptors (Lipinski definition) is 3. The third-order valence-corrected chi connectivity index (χ3v) is 4.18. The van der Waals surface area contributed by atoms with Crippen LogP contribution in [0.25, 0.3) is 5.69 Å². The third-order valence-electron chi connectivity index (χ3n) is 4.18. The van der Waals surface area contributed by atoms with Crippen LogP contribution in [0.1, 0.15) is 33.0 Å². The molecule has 1 amide bonds. The molecule has 1 aromatic carbocycles. The lowest BCUT2D eigenvalue weighted by Crippen LogP contribution is -2.25. The Morgan fingerprint density at radius 3 is 2.54 bits per heavy atom. The first-order valence-corrected chi connectivity index (χ1v) is 8.15. The lowest BCUT2D eigenvalue weighted by Gasteiger charge is -2.08. The molecule has 2 aromatic heterocycles. The Balaban J connectivity index is 1.81. The van der Waals surface area contributed by atoms with Crippen molar-refractivity contribution >= 4 is 5.91 Å². The molecule has 0 aliphatic carbocycles. The van der Waals surface area contributed by atoms with Crippen molar-refractivity contribution in [2.45, 2.75) is 27.3 Å². The standard InChI is InChI=1S/C19H19FN4O2/c1-11-8-14(9-18(25)22-11)19(26)21-10-17-12(2)23-24(13(17)3)16-6-4-15(20)5-7-16/h4-9H,10H2,1-3H3,(H,21,26)(H,22,25). The number of rotatable bonds is 4. The fourth-order valence-electron chi connectivity index (χ4n) is 2.85. The second kappa shape index (κ2) is 6.95. The summed E-state index contributed by atoms with van der Waals surface area (Å²) in [5.74, 6) is -0.636. The summed E-state index contributed by atoms with van der Waals surface area (Å²) in [4.78, 5) is 26.4. The molecule has 2 N–H and O–H groups in total. The van der Waals surface area contributed by atoms with Crippen molar-refractivity contribution in [1.82, 2.24) is 20.1 Å². The van der Waals surface area contributed by atoms with Gasteiger partial charge in [0.25, 0.3) is 5.91 Å². The van der Waals surface area contributed by atoms with Crippen molar-refractivity contribution < 1.29 is 9.18 Å². The van der Waals surface area contributed by atoms with Gasteiger partial charge in [-0.1, -0.05) is 0 Å². The first-order chi connectivity index (χ1) is 12.3. The summed E-state index contributed by atoms with van der Waals surface area (Å²) in [5, 5.41) is 7.30. The van der Waals surface area contributed by atoms with Gasteiger partial charge in [0.2, 0.25) is 5.56 Å². The van der Waals surface area contributed by atoms with Gasteiger partial charge in [-0.3, -0.25) is 9.59 Å². The number of nitrogens with one attached hydrogen (secondary N) is 2. The average molecular weight is 354 g/mol. The number of carbonyl (C=O) groups excluding carboxylic acids is 1. The van der Waals surface area contributed by atoms with Crippen LogP contribution >= 0.6 is 0 Å². The normalized spacial score (nSPS) is 10.8. The van der Waals surface area contributed by atoms with E-state index in [0.29, 0.717) is 11.3 Å². The Morgan fingerprint density at radius 1 is 1.19 bits per heavy atom. The third kappa shape index (κ3) is 3.56. The van der Waals surface area contributed by atoms with Gasteiger partial charge < -0.3 is 10.3 Å². The topological polar surface area (TPSA) is 79.8 Å². The Kier molecular flexibility index (Phi) is 4.71. The van der Waals surface area contributed by atoms with E-state index in [-0.39, 0.29) is 23.8 Å². The van der Waals surface area contributed by atoms with Crippen LogP contribution in [0, 0.1) is 26.6 Å². The molecule has 0 spiro atoms. The van der Waals surface area contributed by atoms with E-state index in [1.54, 1.807) is 29.8 Å². The first kappa shape index (κ1) is 17.6. The molecule has 3 rings (SSSR count). The molecule has 0 atom stereocenters. The zero-order valence-corrected chi connectivity index (χ0v) is 14.8. The Labute approximate surface area is 149 Å². The molecule has 0 unspecified atom stereocenters. The van der Waals surface area contributed by atoms with Crippen LogP contribution in [0.15, 0.2) is 41.2 Å². The van der Waals surface area contributed by atoms with Gasteiger partial charge >= 0.3 is 0 Å². The van der Waals surface area contributed by atoms with E-state index in [0.717, 1.165) is 22.6 Å². The number of carbonyl (C=O) groups is 1. The van der Waals surface area contributed by atoms with E-state index in [9.17, 15) is 14.0 Å². The fraction of sp³-hybridized carbons (Fsp3) is 0.211. The van der Waals surface area contributed by atoms with Gasteiger partial charge in [-0.25, -0.2) is 9.07 Å². The summed E-state index contributed by atoms with van der Waals surface area (Å²) in [5.41, 5.74) is 3.88. The molecule has 134 valence electrons. The van der Waals surface area contributed by atoms with Crippen LogP contribution in [-0.2, 0) is 6.54 Å². The van der Waals surface area contributed by atoms with Crippen LogP contribution in [0.2, 0.25) is 0 Å². The van der Waals surface area contributed by atoms with E-state index >= 15 is 0 Å². The molecule has 0 aliphatic heterocycles. The maximum atomic E-state index is 13.1. The molecule has 7 heteroatoms. The van der Waals surface area contributed by atoms with Crippen molar-refractivity contribution in [2.24, 2.45) is 0 Å². The second-order valence-corrected chi connectivity index (χ2v) is 6.14. The predicted molar refractivity (Wildman–Crippen MR) is 96.0 cm³/mol. The summed E-state index contributed by atoms with van der Waals surface area (Å²) in [7, 11) is 0. The van der Waals surface area contributed by atoms with Gasteiger partial charge in [0, 0.05) is 35.1 Å². The molecule has 0 bridgehead atoms. The Hall–Kier alpha value is -3.22. The number of aryl methyl sites for hydroxylation is 2. The van der Waals surface area contributed by atoms with Gasteiger partial charge in [-0.2, -0.15) is 5.10 Å². The molecule has 26 heavy (non-hydrogen) atoms. The van der Waals surface area contributed by atoms with E-state index in [2.05, 4.69) is 15.4 Å². The highest BCUT2D eigenvalue weighted by Gasteiger charge is 2.15. The van der Waals surface area contributed by atoms with Crippen LogP contribution in [0.3, 0.4) is 0 Å². The molecule has 0 radical (unpaired) electrons. The summed E-state index contributed by atoms with van der Waals surface area (Å²) < 4.78 is 14.8. The quantitative estimate of drug-likeness (QED) is 0.756. The first-order valence-electron chi connectivity index (χ1n) is 8.15. The minimum Gasteiger partial charge on any atom is -0.348 e. The van der Waals surface area contributed by atoms with E-state index in [4.69, 9.17) is 0 Å². The van der Waals surface area contributed by atoms with Crippen molar-refractivity contribution in [2.75, 3.05) is 0 Å². The summed E-state index contributed by atoms with van der Waals surface area (Å²) >= 11 is 0. The number of benzene rings is 1. The molecular weight excluding hydrogens is 335 g/mol. The number of nitrogens with zero attached hydrogens (tertiary/aromatic N) is 2. The van der Waals surface area contributed by atoms with Crippen molar-refractivity contribution in [1.29, 1.82) is 0 Å². The van der Waals surface area contributed by atoms with E-state index < -0.39 is 0 Å². The lowest BCUT2D eigenvalue weighted by molar-refractivity contribution is 0.0950.